The third kappa shape index (κ3) is 6.98. The average Bonchev–Trinajstić information content (AvgIpc) is 3.97. The average molecular weight is 922 g/mol. The van der Waals surface area contributed by atoms with Crippen LogP contribution in [-0.4, -0.2) is 27.2 Å². The molecule has 0 saturated carbocycles. The van der Waals surface area contributed by atoms with Gasteiger partial charge in [-0.3, -0.25) is 9.13 Å². The summed E-state index contributed by atoms with van der Waals surface area (Å²) in [4.78, 5) is 15.0. The molecule has 0 aliphatic heterocycles. The van der Waals surface area contributed by atoms with Crippen molar-refractivity contribution in [3.05, 3.63) is 272 Å². The molecule has 71 heavy (non-hydrogen) atoms. The Bertz CT molecular complexity index is 4050. The van der Waals surface area contributed by atoms with E-state index in [9.17, 15) is 0 Å². The molecular formula is C65H43N5Si. The first-order valence-electron chi connectivity index (χ1n) is 23.9. The molecule has 0 spiro atoms. The van der Waals surface area contributed by atoms with Crippen LogP contribution in [-0.2, 0) is 0 Å². The quantitative estimate of drug-likeness (QED) is 0.0822. The van der Waals surface area contributed by atoms with Gasteiger partial charge >= 0.3 is 0 Å². The Morgan fingerprint density at radius 3 is 1.30 bits per heavy atom. The standard InChI is InChI=1S/C65H43N5Si/c1-66-50-38-39-63-58(43-50)57-34-13-16-37-62(57)70(63)65-67-59(44-64(68-65)69-60-35-14-11-32-55(60)56-33-12-15-36-61(56)69)49-26-19-31-54(42-49)71(51-27-9-4-10-28-51,52-29-17-24-47(40-52)45-20-5-2-6-21-45)53-30-18-25-48(41-53)46-22-7-3-8-23-46/h2-44H. The molecule has 0 saturated heterocycles. The van der Waals surface area contributed by atoms with E-state index in [0.29, 0.717) is 11.6 Å². The molecule has 332 valence electrons. The van der Waals surface area contributed by atoms with Crippen LogP contribution in [0.5, 0.6) is 0 Å². The lowest BCUT2D eigenvalue weighted by Crippen LogP contribution is -2.74. The summed E-state index contributed by atoms with van der Waals surface area (Å²) in [7, 11) is -3.16. The van der Waals surface area contributed by atoms with Crippen molar-refractivity contribution in [1.82, 2.24) is 19.1 Å². The minimum Gasteiger partial charge on any atom is -0.294 e. The van der Waals surface area contributed by atoms with Gasteiger partial charge < -0.3 is 0 Å². The molecule has 0 N–H and O–H groups in total. The van der Waals surface area contributed by atoms with E-state index >= 15 is 0 Å². The van der Waals surface area contributed by atoms with Crippen LogP contribution in [0.3, 0.4) is 0 Å². The summed E-state index contributed by atoms with van der Waals surface area (Å²) in [5.41, 5.74) is 11.1. The molecule has 0 bridgehead atoms. The second kappa shape index (κ2) is 17.3. The molecule has 0 amide bonds. The Kier molecular flexibility index (Phi) is 10.2. The van der Waals surface area contributed by atoms with Crippen LogP contribution in [0.4, 0.5) is 5.69 Å². The Labute approximate surface area is 412 Å². The highest BCUT2D eigenvalue weighted by molar-refractivity contribution is 7.20. The molecule has 6 heteroatoms. The number of aromatic nitrogens is 4. The van der Waals surface area contributed by atoms with Gasteiger partial charge in [-0.2, -0.15) is 4.98 Å². The first-order valence-corrected chi connectivity index (χ1v) is 25.9. The van der Waals surface area contributed by atoms with Crippen molar-refractivity contribution in [1.29, 1.82) is 0 Å². The minimum atomic E-state index is -3.16. The highest BCUT2D eigenvalue weighted by Crippen LogP contribution is 2.37. The summed E-state index contributed by atoms with van der Waals surface area (Å²) in [5.74, 6) is 1.30. The van der Waals surface area contributed by atoms with Crippen molar-refractivity contribution in [2.45, 2.75) is 0 Å². The molecule has 0 radical (unpaired) electrons. The van der Waals surface area contributed by atoms with E-state index < -0.39 is 8.07 Å². The minimum absolute atomic E-state index is 0.546. The highest BCUT2D eigenvalue weighted by atomic mass is 28.3. The molecule has 13 aromatic rings. The smallest absolute Gasteiger partial charge is 0.237 e. The summed E-state index contributed by atoms with van der Waals surface area (Å²) < 4.78 is 4.44. The van der Waals surface area contributed by atoms with Crippen molar-refractivity contribution in [3.63, 3.8) is 0 Å². The maximum absolute atomic E-state index is 7.88. The molecule has 13 rings (SSSR count). The largest absolute Gasteiger partial charge is 0.294 e. The molecule has 0 atom stereocenters. The van der Waals surface area contributed by atoms with Gasteiger partial charge in [-0.05, 0) is 78.7 Å². The zero-order valence-corrected chi connectivity index (χ0v) is 39.6. The third-order valence-corrected chi connectivity index (χ3v) is 18.8. The zero-order chi connectivity index (χ0) is 47.3. The Morgan fingerprint density at radius 2 is 0.746 bits per heavy atom. The van der Waals surface area contributed by atoms with Crippen LogP contribution < -0.4 is 20.7 Å². The van der Waals surface area contributed by atoms with Crippen molar-refractivity contribution in [2.24, 2.45) is 0 Å². The molecular weight excluding hydrogens is 879 g/mol. The summed E-state index contributed by atoms with van der Waals surface area (Å²) in [6, 6.07) is 93.7. The molecule has 0 aliphatic carbocycles. The number of hydrogen-bond donors (Lipinski definition) is 0. The molecule has 3 aromatic heterocycles. The number of benzene rings is 10. The van der Waals surface area contributed by atoms with Crippen LogP contribution in [0, 0.1) is 6.57 Å². The lowest BCUT2D eigenvalue weighted by atomic mass is 10.1. The van der Waals surface area contributed by atoms with Crippen LogP contribution in [0.1, 0.15) is 0 Å². The van der Waals surface area contributed by atoms with Gasteiger partial charge in [0.2, 0.25) is 5.95 Å². The number of hydrogen-bond acceptors (Lipinski definition) is 2. The monoisotopic (exact) mass is 921 g/mol. The maximum atomic E-state index is 7.88. The molecule has 0 unspecified atom stereocenters. The summed E-state index contributed by atoms with van der Waals surface area (Å²) in [6.07, 6.45) is 0. The Morgan fingerprint density at radius 1 is 0.324 bits per heavy atom. The lowest BCUT2D eigenvalue weighted by molar-refractivity contribution is 0.952. The van der Waals surface area contributed by atoms with E-state index in [4.69, 9.17) is 16.5 Å². The van der Waals surface area contributed by atoms with Gasteiger partial charge in [-0.1, -0.05) is 224 Å². The van der Waals surface area contributed by atoms with Crippen LogP contribution in [0.2, 0.25) is 0 Å². The van der Waals surface area contributed by atoms with E-state index in [2.05, 4.69) is 257 Å². The fourth-order valence-corrected chi connectivity index (χ4v) is 15.8. The van der Waals surface area contributed by atoms with Crippen molar-refractivity contribution < 1.29 is 0 Å². The van der Waals surface area contributed by atoms with Gasteiger partial charge in [-0.25, -0.2) is 9.83 Å². The van der Waals surface area contributed by atoms with Crippen molar-refractivity contribution >= 4 is 78.1 Å². The maximum Gasteiger partial charge on any atom is 0.237 e. The molecule has 10 aromatic carbocycles. The summed E-state index contributed by atoms with van der Waals surface area (Å²) in [6.45, 7) is 7.88. The van der Waals surface area contributed by atoms with E-state index in [0.717, 1.165) is 60.7 Å². The fourth-order valence-electron chi connectivity index (χ4n) is 10.9. The fraction of sp³-hybridized carbons (Fsp3) is 0. The number of fused-ring (bicyclic) bond motifs is 6. The number of nitrogens with zero attached hydrogens (tertiary/aromatic N) is 5. The van der Waals surface area contributed by atoms with E-state index in [1.807, 2.05) is 18.2 Å². The summed E-state index contributed by atoms with van der Waals surface area (Å²) in [5, 5.41) is 9.42. The van der Waals surface area contributed by atoms with E-state index in [1.165, 1.54) is 43.0 Å². The van der Waals surface area contributed by atoms with Crippen LogP contribution in [0.15, 0.2) is 261 Å². The third-order valence-electron chi connectivity index (χ3n) is 14.1. The zero-order valence-electron chi connectivity index (χ0n) is 38.6. The Balaban J connectivity index is 1.11. The topological polar surface area (TPSA) is 40.0 Å². The molecule has 3 heterocycles. The van der Waals surface area contributed by atoms with Gasteiger partial charge in [0.25, 0.3) is 0 Å². The van der Waals surface area contributed by atoms with Gasteiger partial charge in [-0.15, -0.1) is 0 Å². The normalized spacial score (nSPS) is 11.6. The predicted octanol–water partition coefficient (Wildman–Crippen LogP) is 13.6. The highest BCUT2D eigenvalue weighted by Gasteiger charge is 2.42. The SMILES string of the molecule is [C-]#[N+]c1ccc2c(c1)c1ccccc1n2-c1nc(-c2cccc([Si](c3ccccc3)(c3cccc(-c4ccccc4)c3)c3cccc(-c4ccccc4)c3)c2)cc(-n2c3ccccc3c3ccccc32)n1. The summed E-state index contributed by atoms with van der Waals surface area (Å²) >= 11 is 0. The van der Waals surface area contributed by atoms with Crippen LogP contribution >= 0.6 is 0 Å². The van der Waals surface area contributed by atoms with Gasteiger partial charge in [0.15, 0.2) is 13.8 Å². The predicted molar refractivity (Wildman–Crippen MR) is 297 cm³/mol. The molecule has 0 aliphatic rings. The second-order valence-corrected chi connectivity index (χ2v) is 21.8. The van der Waals surface area contributed by atoms with Gasteiger partial charge in [0.05, 0.1) is 34.3 Å². The molecule has 5 nitrogen and oxygen atoms in total. The molecule has 0 fully saturated rings. The van der Waals surface area contributed by atoms with Crippen molar-refractivity contribution in [3.8, 4) is 45.3 Å². The van der Waals surface area contributed by atoms with Gasteiger partial charge in [0.1, 0.15) is 5.82 Å². The van der Waals surface area contributed by atoms with Crippen LogP contribution in [0.25, 0.3) is 93.7 Å². The van der Waals surface area contributed by atoms with Crippen molar-refractivity contribution in [2.75, 3.05) is 0 Å². The number of rotatable bonds is 9. The van der Waals surface area contributed by atoms with E-state index in [-0.39, 0.29) is 0 Å². The van der Waals surface area contributed by atoms with Gasteiger partial charge in [0, 0.05) is 27.8 Å². The first kappa shape index (κ1) is 41.7. The van der Waals surface area contributed by atoms with E-state index in [1.54, 1.807) is 0 Å². The second-order valence-electron chi connectivity index (χ2n) is 18.0. The Hall–Kier alpha value is -9.41. The lowest BCUT2D eigenvalue weighted by Gasteiger charge is -2.35. The number of para-hydroxylation sites is 3. The first-order chi connectivity index (χ1) is 35.2.